The highest BCUT2D eigenvalue weighted by Gasteiger charge is 2.15. The first-order valence-electron chi connectivity index (χ1n) is 7.38. The van der Waals surface area contributed by atoms with E-state index in [0.29, 0.717) is 17.0 Å². The molecule has 3 rings (SSSR count). The molecule has 0 aliphatic rings. The predicted octanol–water partition coefficient (Wildman–Crippen LogP) is 2.41. The molecular formula is C17H15N3O4S. The fraction of sp³-hybridized carbons (Fsp3) is 0.0588. The number of benzene rings is 1. The number of rotatable bonds is 6. The molecule has 2 aromatic heterocycles. The summed E-state index contributed by atoms with van der Waals surface area (Å²) in [5.74, 6) is 0.159. The summed E-state index contributed by atoms with van der Waals surface area (Å²) >= 11 is 0. The van der Waals surface area contributed by atoms with Gasteiger partial charge in [-0.15, -0.1) is 0 Å². The third-order valence-electron chi connectivity index (χ3n) is 3.36. The second-order valence-electron chi connectivity index (χ2n) is 5.12. The Kier molecular flexibility index (Phi) is 4.92. The van der Waals surface area contributed by atoms with Gasteiger partial charge in [-0.3, -0.25) is 9.78 Å². The van der Waals surface area contributed by atoms with Crippen LogP contribution >= 0.6 is 0 Å². The van der Waals surface area contributed by atoms with E-state index >= 15 is 0 Å². The zero-order chi connectivity index (χ0) is 17.7. The molecule has 128 valence electrons. The number of pyridine rings is 1. The van der Waals surface area contributed by atoms with E-state index in [4.69, 9.17) is 4.42 Å². The Morgan fingerprint density at radius 2 is 1.88 bits per heavy atom. The Morgan fingerprint density at radius 1 is 1.08 bits per heavy atom. The van der Waals surface area contributed by atoms with Crippen LogP contribution in [0.5, 0.6) is 0 Å². The number of carbonyl (C=O) groups is 1. The van der Waals surface area contributed by atoms with Gasteiger partial charge in [0.15, 0.2) is 0 Å². The molecule has 0 fully saturated rings. The van der Waals surface area contributed by atoms with Crippen molar-refractivity contribution in [3.05, 3.63) is 78.5 Å². The van der Waals surface area contributed by atoms with Crippen LogP contribution in [-0.4, -0.2) is 19.3 Å². The molecule has 3 aromatic rings. The smallest absolute Gasteiger partial charge is 0.255 e. The Labute approximate surface area is 144 Å². The van der Waals surface area contributed by atoms with Crippen LogP contribution in [0.3, 0.4) is 0 Å². The van der Waals surface area contributed by atoms with Crippen LogP contribution in [0.1, 0.15) is 16.1 Å². The lowest BCUT2D eigenvalue weighted by atomic mass is 10.2. The van der Waals surface area contributed by atoms with Crippen molar-refractivity contribution in [3.63, 3.8) is 0 Å². The summed E-state index contributed by atoms with van der Waals surface area (Å²) in [7, 11) is -3.73. The highest BCUT2D eigenvalue weighted by molar-refractivity contribution is 7.89. The van der Waals surface area contributed by atoms with Gasteiger partial charge in [-0.05, 0) is 42.5 Å². The van der Waals surface area contributed by atoms with Crippen molar-refractivity contribution >= 4 is 21.6 Å². The summed E-state index contributed by atoms with van der Waals surface area (Å²) < 4.78 is 32.3. The lowest BCUT2D eigenvalue weighted by Gasteiger charge is -2.09. The average molecular weight is 357 g/mol. The number of nitrogens with one attached hydrogen (secondary N) is 2. The van der Waals surface area contributed by atoms with Crippen molar-refractivity contribution in [2.24, 2.45) is 0 Å². The third kappa shape index (κ3) is 4.31. The van der Waals surface area contributed by atoms with Crippen LogP contribution < -0.4 is 10.0 Å². The second-order valence-corrected chi connectivity index (χ2v) is 6.89. The molecule has 0 atom stereocenters. The van der Waals surface area contributed by atoms with Crippen molar-refractivity contribution in [1.29, 1.82) is 0 Å². The minimum atomic E-state index is -3.73. The fourth-order valence-corrected chi connectivity index (χ4v) is 3.15. The van der Waals surface area contributed by atoms with Crippen LogP contribution in [-0.2, 0) is 16.6 Å². The number of aromatic nitrogens is 1. The van der Waals surface area contributed by atoms with Gasteiger partial charge in [0.2, 0.25) is 10.0 Å². The molecule has 0 radical (unpaired) electrons. The third-order valence-corrected chi connectivity index (χ3v) is 4.76. The molecule has 2 heterocycles. The van der Waals surface area contributed by atoms with E-state index < -0.39 is 10.0 Å². The molecule has 0 spiro atoms. The standard InChI is InChI=1S/C17H15N3O4S/c21-17(13-6-8-18-9-7-13)20-14-3-1-5-16(11-14)25(22,23)19-12-15-4-2-10-24-15/h1-11,19H,12H2,(H,20,21). The number of amides is 1. The number of nitrogens with zero attached hydrogens (tertiary/aromatic N) is 1. The molecule has 7 nitrogen and oxygen atoms in total. The zero-order valence-electron chi connectivity index (χ0n) is 13.0. The van der Waals surface area contributed by atoms with Gasteiger partial charge in [0.25, 0.3) is 5.91 Å². The van der Waals surface area contributed by atoms with Gasteiger partial charge in [0.1, 0.15) is 5.76 Å². The second kappa shape index (κ2) is 7.29. The van der Waals surface area contributed by atoms with Crippen LogP contribution in [0, 0.1) is 0 Å². The van der Waals surface area contributed by atoms with E-state index in [2.05, 4.69) is 15.0 Å². The van der Waals surface area contributed by atoms with Gasteiger partial charge in [0, 0.05) is 23.6 Å². The van der Waals surface area contributed by atoms with Crippen LogP contribution in [0.2, 0.25) is 0 Å². The Hall–Kier alpha value is -2.97. The van der Waals surface area contributed by atoms with E-state index in [-0.39, 0.29) is 17.3 Å². The van der Waals surface area contributed by atoms with E-state index in [1.165, 1.54) is 30.8 Å². The maximum Gasteiger partial charge on any atom is 0.255 e. The largest absolute Gasteiger partial charge is 0.468 e. The maximum atomic E-state index is 12.4. The lowest BCUT2D eigenvalue weighted by molar-refractivity contribution is 0.102. The van der Waals surface area contributed by atoms with Crippen molar-refractivity contribution in [1.82, 2.24) is 9.71 Å². The molecule has 0 unspecified atom stereocenters. The monoisotopic (exact) mass is 357 g/mol. The van der Waals surface area contributed by atoms with E-state index in [9.17, 15) is 13.2 Å². The molecule has 25 heavy (non-hydrogen) atoms. The number of furan rings is 1. The van der Waals surface area contributed by atoms with Crippen molar-refractivity contribution in [2.45, 2.75) is 11.4 Å². The minimum Gasteiger partial charge on any atom is -0.468 e. The number of hydrogen-bond donors (Lipinski definition) is 2. The average Bonchev–Trinajstić information content (AvgIpc) is 3.15. The quantitative estimate of drug-likeness (QED) is 0.705. The van der Waals surface area contributed by atoms with E-state index in [0.717, 1.165) is 0 Å². The van der Waals surface area contributed by atoms with E-state index in [1.54, 1.807) is 36.4 Å². The predicted molar refractivity (Wildman–Crippen MR) is 91.4 cm³/mol. The fourth-order valence-electron chi connectivity index (χ4n) is 2.11. The summed E-state index contributed by atoms with van der Waals surface area (Å²) in [6.07, 6.45) is 4.49. The number of anilines is 1. The lowest BCUT2D eigenvalue weighted by Crippen LogP contribution is -2.23. The number of carbonyl (C=O) groups excluding carboxylic acids is 1. The van der Waals surface area contributed by atoms with Crippen molar-refractivity contribution < 1.29 is 17.6 Å². The molecule has 0 saturated heterocycles. The number of hydrogen-bond acceptors (Lipinski definition) is 5. The zero-order valence-corrected chi connectivity index (χ0v) is 13.9. The molecule has 1 aromatic carbocycles. The maximum absolute atomic E-state index is 12.4. The summed E-state index contributed by atoms with van der Waals surface area (Å²) in [4.78, 5) is 16.0. The first-order chi connectivity index (χ1) is 12.0. The SMILES string of the molecule is O=C(Nc1cccc(S(=O)(=O)NCc2ccco2)c1)c1ccncc1. The summed E-state index contributed by atoms with van der Waals surface area (Å²) in [6.45, 7) is 0.0446. The Morgan fingerprint density at radius 3 is 2.60 bits per heavy atom. The van der Waals surface area contributed by atoms with Crippen molar-refractivity contribution in [2.75, 3.05) is 5.32 Å². The summed E-state index contributed by atoms with van der Waals surface area (Å²) in [6, 6.07) is 12.5. The van der Waals surface area contributed by atoms with Gasteiger partial charge in [-0.2, -0.15) is 0 Å². The van der Waals surface area contributed by atoms with Gasteiger partial charge in [-0.1, -0.05) is 6.07 Å². The Balaban J connectivity index is 1.73. The molecule has 0 aliphatic carbocycles. The highest BCUT2D eigenvalue weighted by atomic mass is 32.2. The van der Waals surface area contributed by atoms with Gasteiger partial charge < -0.3 is 9.73 Å². The summed E-state index contributed by atoms with van der Waals surface area (Å²) in [5.41, 5.74) is 0.807. The van der Waals surface area contributed by atoms with E-state index in [1.807, 2.05) is 0 Å². The number of sulfonamides is 1. The van der Waals surface area contributed by atoms with Gasteiger partial charge in [0.05, 0.1) is 17.7 Å². The van der Waals surface area contributed by atoms with Gasteiger partial charge >= 0.3 is 0 Å². The first-order valence-corrected chi connectivity index (χ1v) is 8.86. The highest BCUT2D eigenvalue weighted by Crippen LogP contribution is 2.17. The van der Waals surface area contributed by atoms with Gasteiger partial charge in [-0.25, -0.2) is 13.1 Å². The normalized spacial score (nSPS) is 11.2. The van der Waals surface area contributed by atoms with Crippen molar-refractivity contribution in [3.8, 4) is 0 Å². The van der Waals surface area contributed by atoms with Crippen LogP contribution in [0.4, 0.5) is 5.69 Å². The molecule has 0 saturated carbocycles. The first kappa shape index (κ1) is 16.9. The molecule has 0 aliphatic heterocycles. The topological polar surface area (TPSA) is 101 Å². The molecule has 2 N–H and O–H groups in total. The molecule has 8 heteroatoms. The molecular weight excluding hydrogens is 342 g/mol. The molecule has 0 bridgehead atoms. The van der Waals surface area contributed by atoms with Crippen LogP contribution in [0.15, 0.2) is 76.5 Å². The Bertz CT molecular complexity index is 955. The molecule has 1 amide bonds. The summed E-state index contributed by atoms with van der Waals surface area (Å²) in [5, 5.41) is 2.66. The van der Waals surface area contributed by atoms with Crippen LogP contribution in [0.25, 0.3) is 0 Å². The minimum absolute atomic E-state index is 0.0446.